The van der Waals surface area contributed by atoms with Gasteiger partial charge in [-0.1, -0.05) is 220 Å². The Morgan fingerprint density at radius 1 is 0.323 bits per heavy atom. The molecule has 0 spiro atoms. The molecule has 368 valence electrons. The molecule has 65 heavy (non-hydrogen) atoms. The molecule has 0 aromatic rings. The largest absolute Gasteiger partial charge is 0.462 e. The van der Waals surface area contributed by atoms with Crippen LogP contribution in [0.1, 0.15) is 226 Å². The highest BCUT2D eigenvalue weighted by Gasteiger charge is 2.19. The number of carbonyl (C=O) groups excluding carboxylic acids is 3. The molecule has 1 atom stereocenters. The molecule has 0 radical (unpaired) electrons. The minimum Gasteiger partial charge on any atom is -0.462 e. The Balaban J connectivity index is 4.31. The van der Waals surface area contributed by atoms with Crippen LogP contribution in [0.2, 0.25) is 0 Å². The first-order chi connectivity index (χ1) is 32.0. The van der Waals surface area contributed by atoms with Gasteiger partial charge in [-0.3, -0.25) is 14.4 Å². The maximum atomic E-state index is 12.7. The second-order valence-electron chi connectivity index (χ2n) is 17.0. The lowest BCUT2D eigenvalue weighted by molar-refractivity contribution is -0.167. The average molecular weight is 901 g/mol. The van der Waals surface area contributed by atoms with Crippen molar-refractivity contribution in [3.05, 3.63) is 109 Å². The molecular weight excluding hydrogens is 805 g/mol. The third kappa shape index (κ3) is 50.9. The van der Waals surface area contributed by atoms with Gasteiger partial charge in [0.1, 0.15) is 13.2 Å². The summed E-state index contributed by atoms with van der Waals surface area (Å²) in [5.74, 6) is -0.977. The Morgan fingerprint density at radius 2 is 0.615 bits per heavy atom. The molecule has 0 fully saturated rings. The zero-order valence-electron chi connectivity index (χ0n) is 42.0. The van der Waals surface area contributed by atoms with Crippen LogP contribution in [0, 0.1) is 0 Å². The lowest BCUT2D eigenvalue weighted by Gasteiger charge is -2.18. The molecule has 0 aliphatic rings. The average Bonchev–Trinajstić information content (AvgIpc) is 3.30. The quantitative estimate of drug-likeness (QED) is 0.0262. The summed E-state index contributed by atoms with van der Waals surface area (Å²) in [7, 11) is 0. The van der Waals surface area contributed by atoms with Crippen LogP contribution in [0.15, 0.2) is 109 Å². The highest BCUT2D eigenvalue weighted by Crippen LogP contribution is 2.14. The second kappa shape index (κ2) is 52.7. The van der Waals surface area contributed by atoms with Gasteiger partial charge in [-0.2, -0.15) is 0 Å². The third-order valence-corrected chi connectivity index (χ3v) is 10.8. The van der Waals surface area contributed by atoms with Crippen LogP contribution in [0.3, 0.4) is 0 Å². The Kier molecular flexibility index (Phi) is 49.5. The minimum atomic E-state index is -0.807. The van der Waals surface area contributed by atoms with Gasteiger partial charge in [0.15, 0.2) is 6.10 Å². The number of unbranched alkanes of at least 4 members (excludes halogenated alkanes) is 17. The monoisotopic (exact) mass is 901 g/mol. The normalized spacial score (nSPS) is 13.0. The lowest BCUT2D eigenvalue weighted by Crippen LogP contribution is -2.30. The number of carbonyl (C=O) groups is 3. The Hall–Kier alpha value is -3.93. The van der Waals surface area contributed by atoms with Crippen LogP contribution in [0.25, 0.3) is 0 Å². The smallest absolute Gasteiger partial charge is 0.306 e. The van der Waals surface area contributed by atoms with E-state index in [1.807, 2.05) is 0 Å². The van der Waals surface area contributed by atoms with E-state index >= 15 is 0 Å². The summed E-state index contributed by atoms with van der Waals surface area (Å²) in [6, 6.07) is 0. The highest BCUT2D eigenvalue weighted by molar-refractivity contribution is 5.71. The highest BCUT2D eigenvalue weighted by atomic mass is 16.6. The zero-order valence-corrected chi connectivity index (χ0v) is 42.0. The van der Waals surface area contributed by atoms with Gasteiger partial charge >= 0.3 is 17.9 Å². The van der Waals surface area contributed by atoms with E-state index in [1.165, 1.54) is 77.0 Å². The predicted octanol–water partition coefficient (Wildman–Crippen LogP) is 17.5. The molecule has 0 saturated heterocycles. The maximum absolute atomic E-state index is 12.7. The maximum Gasteiger partial charge on any atom is 0.306 e. The molecule has 0 N–H and O–H groups in total. The molecule has 0 aliphatic heterocycles. The van der Waals surface area contributed by atoms with Crippen LogP contribution in [0.4, 0.5) is 0 Å². The van der Waals surface area contributed by atoms with Gasteiger partial charge in [0.25, 0.3) is 0 Å². The molecule has 6 heteroatoms. The number of esters is 3. The van der Waals surface area contributed by atoms with E-state index in [4.69, 9.17) is 14.2 Å². The summed E-state index contributed by atoms with van der Waals surface area (Å²) in [5, 5.41) is 0. The Labute approximate surface area is 400 Å². The number of rotatable bonds is 46. The van der Waals surface area contributed by atoms with Crippen LogP contribution in [0.5, 0.6) is 0 Å². The van der Waals surface area contributed by atoms with Gasteiger partial charge in [-0.05, 0) is 96.3 Å². The molecule has 0 aromatic heterocycles. The summed E-state index contributed by atoms with van der Waals surface area (Å²) in [6.07, 6.45) is 71.0. The third-order valence-electron chi connectivity index (χ3n) is 10.8. The lowest BCUT2D eigenvalue weighted by atomic mass is 10.1. The number of ether oxygens (including phenoxy) is 3. The molecule has 1 unspecified atom stereocenters. The van der Waals surface area contributed by atoms with Crippen molar-refractivity contribution < 1.29 is 28.6 Å². The van der Waals surface area contributed by atoms with Crippen molar-refractivity contribution in [1.82, 2.24) is 0 Å². The van der Waals surface area contributed by atoms with Crippen molar-refractivity contribution in [2.45, 2.75) is 232 Å². The fraction of sp³-hybridized carbons (Fsp3) is 0.644. The van der Waals surface area contributed by atoms with Crippen LogP contribution < -0.4 is 0 Å². The summed E-state index contributed by atoms with van der Waals surface area (Å²) in [6.45, 7) is 6.31. The zero-order chi connectivity index (χ0) is 47.2. The Morgan fingerprint density at radius 3 is 0.985 bits per heavy atom. The van der Waals surface area contributed by atoms with Gasteiger partial charge in [-0.25, -0.2) is 0 Å². The van der Waals surface area contributed by atoms with Crippen LogP contribution in [-0.2, 0) is 28.6 Å². The summed E-state index contributed by atoms with van der Waals surface area (Å²) in [4.78, 5) is 37.8. The Bertz CT molecular complexity index is 1360. The van der Waals surface area contributed by atoms with E-state index in [2.05, 4.69) is 130 Å². The number of allylic oxidation sites excluding steroid dienone is 18. The molecule has 0 heterocycles. The first-order valence-electron chi connectivity index (χ1n) is 26.4. The van der Waals surface area contributed by atoms with E-state index in [0.29, 0.717) is 19.3 Å². The first kappa shape index (κ1) is 61.1. The predicted molar refractivity (Wildman–Crippen MR) is 279 cm³/mol. The minimum absolute atomic E-state index is 0.103. The van der Waals surface area contributed by atoms with Gasteiger partial charge in [0, 0.05) is 19.3 Å². The second-order valence-corrected chi connectivity index (χ2v) is 17.0. The SMILES string of the molecule is CC/C=C\C/C=C\C/C=C\C/C=C\C/C=C\CCCC(=O)OC(COC(=O)CCCCCCCCC)COC(=O)CCCCCCCCCCCC/C=C\C/C=C\C/C=C\C/C=C\CC. The van der Waals surface area contributed by atoms with Crippen molar-refractivity contribution in [3.63, 3.8) is 0 Å². The summed E-state index contributed by atoms with van der Waals surface area (Å²) < 4.78 is 16.7. The molecule has 0 saturated carbocycles. The van der Waals surface area contributed by atoms with Crippen molar-refractivity contribution in [2.75, 3.05) is 13.2 Å². The molecule has 0 aliphatic carbocycles. The molecule has 0 rings (SSSR count). The number of hydrogen-bond acceptors (Lipinski definition) is 6. The van der Waals surface area contributed by atoms with E-state index < -0.39 is 6.10 Å². The topological polar surface area (TPSA) is 78.9 Å². The first-order valence-corrected chi connectivity index (χ1v) is 26.4. The van der Waals surface area contributed by atoms with Crippen molar-refractivity contribution in [2.24, 2.45) is 0 Å². The van der Waals surface area contributed by atoms with E-state index in [1.54, 1.807) is 0 Å². The molecular formula is C59H96O6. The standard InChI is InChI=1S/C59H96O6/c1-4-7-10-13-16-18-20-22-24-26-27-28-29-30-31-33-34-36-38-40-43-46-49-52-58(61)64-55-56(54-63-57(60)51-48-45-42-15-12-9-6-3)65-59(62)53-50-47-44-41-39-37-35-32-25-23-21-19-17-14-11-8-5-2/h7-8,10-11,16-19,22-25,27-28,35,37,41,44,56H,4-6,9,12-15,20-21,26,29-34,36,38-40,42-43,45-55H2,1-3H3/b10-7-,11-8-,18-16-,19-17-,24-22-,25-23-,28-27-,37-35-,44-41-. The van der Waals surface area contributed by atoms with Gasteiger partial charge in [0.2, 0.25) is 0 Å². The van der Waals surface area contributed by atoms with Crippen molar-refractivity contribution >= 4 is 17.9 Å². The molecule has 0 bridgehead atoms. The van der Waals surface area contributed by atoms with E-state index in [0.717, 1.165) is 103 Å². The van der Waals surface area contributed by atoms with Crippen LogP contribution >= 0.6 is 0 Å². The van der Waals surface area contributed by atoms with E-state index in [-0.39, 0.29) is 37.5 Å². The van der Waals surface area contributed by atoms with Gasteiger partial charge in [-0.15, -0.1) is 0 Å². The van der Waals surface area contributed by atoms with Crippen LogP contribution in [-0.4, -0.2) is 37.2 Å². The fourth-order valence-corrected chi connectivity index (χ4v) is 6.88. The molecule has 0 amide bonds. The van der Waals surface area contributed by atoms with Gasteiger partial charge in [0.05, 0.1) is 0 Å². The summed E-state index contributed by atoms with van der Waals surface area (Å²) in [5.41, 5.74) is 0. The summed E-state index contributed by atoms with van der Waals surface area (Å²) >= 11 is 0. The van der Waals surface area contributed by atoms with Crippen molar-refractivity contribution in [3.8, 4) is 0 Å². The van der Waals surface area contributed by atoms with Crippen molar-refractivity contribution in [1.29, 1.82) is 0 Å². The number of hydrogen-bond donors (Lipinski definition) is 0. The fourth-order valence-electron chi connectivity index (χ4n) is 6.88. The van der Waals surface area contributed by atoms with Gasteiger partial charge < -0.3 is 14.2 Å². The van der Waals surface area contributed by atoms with E-state index in [9.17, 15) is 14.4 Å². The molecule has 0 aromatic carbocycles. The molecule has 6 nitrogen and oxygen atoms in total.